The van der Waals surface area contributed by atoms with Crippen LogP contribution in [0.5, 0.6) is 0 Å². The molecule has 0 radical (unpaired) electrons. The average Bonchev–Trinajstić information content (AvgIpc) is 3.32. The number of nitrogens with zero attached hydrogens (tertiary/aromatic N) is 3. The third-order valence-electron chi connectivity index (χ3n) is 5.59. The number of H-pyrrole nitrogens is 1. The number of aromatic nitrogens is 4. The Morgan fingerprint density at radius 3 is 2.93 bits per heavy atom. The van der Waals surface area contributed by atoms with E-state index in [4.69, 9.17) is 4.74 Å². The molecule has 2 N–H and O–H groups in total. The van der Waals surface area contributed by atoms with Crippen molar-refractivity contribution in [3.05, 3.63) is 53.5 Å². The van der Waals surface area contributed by atoms with Crippen LogP contribution in [0.3, 0.4) is 0 Å². The van der Waals surface area contributed by atoms with Gasteiger partial charge in [-0.25, -0.2) is 9.50 Å². The molecule has 1 saturated heterocycles. The lowest BCUT2D eigenvalue weighted by atomic mass is 9.95. The molecule has 4 heterocycles. The lowest BCUT2D eigenvalue weighted by Gasteiger charge is -2.24. The van der Waals surface area contributed by atoms with Crippen molar-refractivity contribution in [1.82, 2.24) is 24.9 Å². The van der Waals surface area contributed by atoms with Crippen molar-refractivity contribution in [1.29, 1.82) is 0 Å². The second-order valence-corrected chi connectivity index (χ2v) is 7.88. The van der Waals surface area contributed by atoms with Crippen molar-refractivity contribution in [2.45, 2.75) is 32.8 Å². The van der Waals surface area contributed by atoms with Crippen LogP contribution in [0.2, 0.25) is 0 Å². The van der Waals surface area contributed by atoms with Crippen LogP contribution < -0.4 is 5.32 Å². The number of aryl methyl sites for hydroxylation is 1. The van der Waals surface area contributed by atoms with E-state index in [-0.39, 0.29) is 6.10 Å². The number of aromatic amines is 1. The molecular weight excluding hydrogens is 350 g/mol. The fourth-order valence-electron chi connectivity index (χ4n) is 4.27. The molecule has 3 aromatic heterocycles. The molecular formula is C22H25N5O. The van der Waals surface area contributed by atoms with Gasteiger partial charge in [-0.15, -0.1) is 0 Å². The van der Waals surface area contributed by atoms with Gasteiger partial charge in [0.15, 0.2) is 5.65 Å². The molecule has 144 valence electrons. The third kappa shape index (κ3) is 2.80. The highest BCUT2D eigenvalue weighted by molar-refractivity contribution is 5.92. The highest BCUT2D eigenvalue weighted by Crippen LogP contribution is 2.37. The fourth-order valence-corrected chi connectivity index (χ4v) is 4.27. The summed E-state index contributed by atoms with van der Waals surface area (Å²) in [5.41, 5.74) is 8.02. The van der Waals surface area contributed by atoms with Crippen molar-refractivity contribution < 1.29 is 4.74 Å². The number of morpholine rings is 1. The Kier molecular flexibility index (Phi) is 4.18. The summed E-state index contributed by atoms with van der Waals surface area (Å²) in [5, 5.41) is 9.03. The van der Waals surface area contributed by atoms with Gasteiger partial charge in [0.05, 0.1) is 18.4 Å². The average molecular weight is 375 g/mol. The third-order valence-corrected chi connectivity index (χ3v) is 5.59. The lowest BCUT2D eigenvalue weighted by Crippen LogP contribution is -2.33. The monoisotopic (exact) mass is 375 g/mol. The van der Waals surface area contributed by atoms with E-state index in [1.165, 1.54) is 16.5 Å². The number of fused-ring (bicyclic) bond motifs is 2. The van der Waals surface area contributed by atoms with E-state index in [0.29, 0.717) is 5.92 Å². The Bertz CT molecular complexity index is 1150. The fraction of sp³-hybridized carbons (Fsp3) is 0.364. The van der Waals surface area contributed by atoms with Gasteiger partial charge in [0, 0.05) is 35.8 Å². The summed E-state index contributed by atoms with van der Waals surface area (Å²) in [4.78, 5) is 8.00. The van der Waals surface area contributed by atoms with Crippen LogP contribution in [-0.2, 0) is 4.74 Å². The minimum Gasteiger partial charge on any atom is -0.371 e. The maximum absolute atomic E-state index is 5.97. The van der Waals surface area contributed by atoms with Crippen molar-refractivity contribution in [3.63, 3.8) is 0 Å². The van der Waals surface area contributed by atoms with Crippen molar-refractivity contribution in [2.24, 2.45) is 0 Å². The van der Waals surface area contributed by atoms with E-state index in [1.54, 1.807) is 6.33 Å². The Morgan fingerprint density at radius 2 is 2.14 bits per heavy atom. The maximum Gasteiger partial charge on any atom is 0.158 e. The van der Waals surface area contributed by atoms with Gasteiger partial charge in [0.2, 0.25) is 0 Å². The molecule has 28 heavy (non-hydrogen) atoms. The van der Waals surface area contributed by atoms with Crippen LogP contribution in [-0.4, -0.2) is 39.3 Å². The molecule has 1 unspecified atom stereocenters. The van der Waals surface area contributed by atoms with Crippen LogP contribution in [0.1, 0.15) is 42.6 Å². The van der Waals surface area contributed by atoms with Gasteiger partial charge in [-0.3, -0.25) is 0 Å². The van der Waals surface area contributed by atoms with Gasteiger partial charge in [0.1, 0.15) is 6.33 Å². The number of hydrogen-bond donors (Lipinski definition) is 2. The number of benzene rings is 1. The zero-order valence-corrected chi connectivity index (χ0v) is 16.5. The molecule has 1 aliphatic rings. The molecule has 1 fully saturated rings. The number of ether oxygens (including phenoxy) is 1. The minimum atomic E-state index is 0.116. The highest BCUT2D eigenvalue weighted by atomic mass is 16.5. The second kappa shape index (κ2) is 6.72. The topological polar surface area (TPSA) is 67.2 Å². The molecule has 6 nitrogen and oxygen atoms in total. The molecule has 0 saturated carbocycles. The van der Waals surface area contributed by atoms with Crippen LogP contribution in [0, 0.1) is 6.92 Å². The lowest BCUT2D eigenvalue weighted by molar-refractivity contribution is 0.0278. The normalized spacial score (nSPS) is 17.8. The van der Waals surface area contributed by atoms with Gasteiger partial charge in [-0.05, 0) is 47.7 Å². The molecule has 0 aliphatic carbocycles. The molecule has 4 aromatic rings. The summed E-state index contributed by atoms with van der Waals surface area (Å²) in [5.74, 6) is 0.385. The number of hydrogen-bond acceptors (Lipinski definition) is 4. The zero-order chi connectivity index (χ0) is 19.3. The van der Waals surface area contributed by atoms with Gasteiger partial charge in [-0.2, -0.15) is 5.10 Å². The molecule has 1 atom stereocenters. The van der Waals surface area contributed by atoms with Crippen molar-refractivity contribution >= 4 is 16.6 Å². The number of nitrogens with one attached hydrogen (secondary N) is 2. The van der Waals surface area contributed by atoms with Crippen LogP contribution in [0.25, 0.3) is 27.8 Å². The number of rotatable bonds is 3. The predicted molar refractivity (Wildman–Crippen MR) is 111 cm³/mol. The first-order chi connectivity index (χ1) is 13.6. The van der Waals surface area contributed by atoms with E-state index in [1.807, 2.05) is 4.52 Å². The summed E-state index contributed by atoms with van der Waals surface area (Å²) in [6.45, 7) is 9.12. The van der Waals surface area contributed by atoms with E-state index < -0.39 is 0 Å². The summed E-state index contributed by atoms with van der Waals surface area (Å²) in [6.07, 6.45) is 3.77. The van der Waals surface area contributed by atoms with E-state index >= 15 is 0 Å². The molecule has 1 aromatic carbocycles. The summed E-state index contributed by atoms with van der Waals surface area (Å²) >= 11 is 0. The SMILES string of the molecule is Cc1cc(-c2[nH]c3ccc(C4CNCCO4)cc3c2C(C)C)cn2ncnc12. The summed E-state index contributed by atoms with van der Waals surface area (Å²) in [7, 11) is 0. The highest BCUT2D eigenvalue weighted by Gasteiger charge is 2.21. The van der Waals surface area contributed by atoms with E-state index in [9.17, 15) is 0 Å². The van der Waals surface area contributed by atoms with Crippen molar-refractivity contribution in [2.75, 3.05) is 19.7 Å². The largest absolute Gasteiger partial charge is 0.371 e. The maximum atomic E-state index is 5.97. The first-order valence-electron chi connectivity index (χ1n) is 9.90. The minimum absolute atomic E-state index is 0.116. The first kappa shape index (κ1) is 17.4. The van der Waals surface area contributed by atoms with Crippen molar-refractivity contribution in [3.8, 4) is 11.3 Å². The molecule has 5 rings (SSSR count). The Balaban J connectivity index is 1.68. The molecule has 0 bridgehead atoms. The Morgan fingerprint density at radius 1 is 1.25 bits per heavy atom. The summed E-state index contributed by atoms with van der Waals surface area (Å²) < 4.78 is 7.82. The smallest absolute Gasteiger partial charge is 0.158 e. The van der Waals surface area contributed by atoms with E-state index in [0.717, 1.165) is 47.7 Å². The van der Waals surface area contributed by atoms with Gasteiger partial charge in [0.25, 0.3) is 0 Å². The van der Waals surface area contributed by atoms with Gasteiger partial charge < -0.3 is 15.0 Å². The molecule has 0 amide bonds. The quantitative estimate of drug-likeness (QED) is 0.569. The van der Waals surface area contributed by atoms with Crippen LogP contribution in [0.4, 0.5) is 0 Å². The van der Waals surface area contributed by atoms with Gasteiger partial charge >= 0.3 is 0 Å². The molecule has 6 heteroatoms. The molecule has 0 spiro atoms. The Labute approximate surface area is 163 Å². The van der Waals surface area contributed by atoms with Crippen LogP contribution in [0.15, 0.2) is 36.8 Å². The zero-order valence-electron chi connectivity index (χ0n) is 16.5. The van der Waals surface area contributed by atoms with E-state index in [2.05, 4.69) is 71.6 Å². The molecule has 1 aliphatic heterocycles. The van der Waals surface area contributed by atoms with Crippen LogP contribution >= 0.6 is 0 Å². The first-order valence-corrected chi connectivity index (χ1v) is 9.90. The predicted octanol–water partition coefficient (Wildman–Crippen LogP) is 3.97. The number of pyridine rings is 1. The Hall–Kier alpha value is -2.70. The summed E-state index contributed by atoms with van der Waals surface area (Å²) in [6, 6.07) is 8.84. The second-order valence-electron chi connectivity index (χ2n) is 7.88. The standard InChI is InChI=1S/C22H25N5O/c1-13(2)20-17-9-15(19-10-23-6-7-28-19)4-5-18(17)26-21(20)16-8-14(3)22-24-12-25-27(22)11-16/h4-5,8-9,11-13,19,23,26H,6-7,10H2,1-3H3. The van der Waals surface area contributed by atoms with Gasteiger partial charge in [-0.1, -0.05) is 19.9 Å².